The highest BCUT2D eigenvalue weighted by Crippen LogP contribution is 2.20. The number of hydrogen-bond acceptors (Lipinski definition) is 1. The van der Waals surface area contributed by atoms with Crippen molar-refractivity contribution in [2.45, 2.75) is 21.3 Å². The molecule has 0 aliphatic carbocycles. The minimum absolute atomic E-state index is 0. The first-order chi connectivity index (χ1) is 5.47. The third kappa shape index (κ3) is 2.35. The van der Waals surface area contributed by atoms with Crippen LogP contribution in [0.15, 0.2) is 30.2 Å². The van der Waals surface area contributed by atoms with Crippen LogP contribution in [0.3, 0.4) is 0 Å². The molecule has 1 unspecified atom stereocenters. The van der Waals surface area contributed by atoms with Crippen molar-refractivity contribution in [2.75, 3.05) is 0 Å². The number of benzene rings is 1. The van der Waals surface area contributed by atoms with Crippen LogP contribution in [0.25, 0.3) is 10.6 Å². The molecule has 12 heavy (non-hydrogen) atoms. The van der Waals surface area contributed by atoms with E-state index in [1.54, 1.807) is 0 Å². The van der Waals surface area contributed by atoms with Crippen molar-refractivity contribution in [3.05, 3.63) is 30.2 Å². The standard InChI is InChI=1S/C7H6NP.C2H6.CH4/c1-2-4-7-6(3-1)8-5-9-7;1-2;/h1-5,9H;1-2H3;1H4. The van der Waals surface area contributed by atoms with Gasteiger partial charge in [-0.25, -0.2) is 0 Å². The van der Waals surface area contributed by atoms with Gasteiger partial charge in [0.15, 0.2) is 0 Å². The van der Waals surface area contributed by atoms with E-state index in [4.69, 9.17) is 0 Å². The van der Waals surface area contributed by atoms with Gasteiger partial charge in [-0.2, -0.15) is 0 Å². The van der Waals surface area contributed by atoms with Crippen LogP contribution < -0.4 is 0 Å². The average Bonchev–Trinajstić information content (AvgIpc) is 2.55. The van der Waals surface area contributed by atoms with Gasteiger partial charge in [0.1, 0.15) is 0 Å². The summed E-state index contributed by atoms with van der Waals surface area (Å²) in [6.45, 7) is 4.00. The van der Waals surface area contributed by atoms with Crippen LogP contribution in [0, 0.1) is 0 Å². The van der Waals surface area contributed by atoms with E-state index in [-0.39, 0.29) is 7.43 Å². The largest absolute Gasteiger partial charge is 0.252 e. The van der Waals surface area contributed by atoms with Crippen molar-refractivity contribution in [1.82, 2.24) is 4.98 Å². The van der Waals surface area contributed by atoms with E-state index in [0.29, 0.717) is 0 Å². The molecule has 1 aromatic heterocycles. The predicted octanol–water partition coefficient (Wildman–Crippen LogP) is 3.93. The molecular weight excluding hydrogens is 165 g/mol. The van der Waals surface area contributed by atoms with Gasteiger partial charge in [0.25, 0.3) is 0 Å². The van der Waals surface area contributed by atoms with Crippen LogP contribution in [0.4, 0.5) is 0 Å². The molecule has 0 radical (unpaired) electrons. The molecule has 0 amide bonds. The van der Waals surface area contributed by atoms with E-state index in [1.807, 2.05) is 31.9 Å². The summed E-state index contributed by atoms with van der Waals surface area (Å²) in [5, 5.41) is 1.37. The smallest absolute Gasteiger partial charge is 0.0743 e. The molecule has 0 spiro atoms. The number of para-hydroxylation sites is 1. The van der Waals surface area contributed by atoms with E-state index in [1.165, 1.54) is 5.12 Å². The minimum Gasteiger partial charge on any atom is -0.252 e. The maximum atomic E-state index is 4.19. The Morgan fingerprint density at radius 2 is 1.83 bits per heavy atom. The number of nitrogens with zero attached hydrogens (tertiary/aromatic N) is 1. The molecule has 66 valence electrons. The summed E-state index contributed by atoms with van der Waals surface area (Å²) in [5.41, 5.74) is 1.15. The monoisotopic (exact) mass is 181 g/mol. The highest BCUT2D eigenvalue weighted by Gasteiger charge is 1.88. The van der Waals surface area contributed by atoms with E-state index in [0.717, 1.165) is 13.7 Å². The van der Waals surface area contributed by atoms with Crippen LogP contribution >= 0.6 is 8.19 Å². The van der Waals surface area contributed by atoms with Crippen LogP contribution in [0.5, 0.6) is 0 Å². The van der Waals surface area contributed by atoms with Gasteiger partial charge in [0.05, 0.1) is 5.52 Å². The van der Waals surface area contributed by atoms with Crippen molar-refractivity contribution in [3.63, 3.8) is 0 Å². The molecule has 2 rings (SSSR count). The van der Waals surface area contributed by atoms with Crippen LogP contribution in [0.2, 0.25) is 0 Å². The van der Waals surface area contributed by atoms with Gasteiger partial charge >= 0.3 is 0 Å². The molecule has 0 saturated heterocycles. The SMILES string of the molecule is C.CC.c1ccc2[pH]cnc2c1. The zero-order valence-electron chi connectivity index (χ0n) is 6.83. The van der Waals surface area contributed by atoms with E-state index >= 15 is 0 Å². The molecule has 0 fully saturated rings. The maximum Gasteiger partial charge on any atom is 0.0743 e. The summed E-state index contributed by atoms with van der Waals surface area (Å²) in [5.74, 6) is 1.98. The van der Waals surface area contributed by atoms with Crippen molar-refractivity contribution >= 4 is 18.8 Å². The molecular formula is C10H16NP. The molecule has 1 aromatic carbocycles. The van der Waals surface area contributed by atoms with Gasteiger partial charge in [-0.15, -0.1) is 8.19 Å². The van der Waals surface area contributed by atoms with E-state index in [2.05, 4.69) is 17.1 Å². The first-order valence-corrected chi connectivity index (χ1v) is 4.93. The summed E-state index contributed by atoms with van der Waals surface area (Å²) in [4.78, 5) is 4.19. The van der Waals surface area contributed by atoms with Gasteiger partial charge in [-0.05, 0) is 12.1 Å². The average molecular weight is 181 g/mol. The third-order valence-electron chi connectivity index (χ3n) is 1.33. The molecule has 1 heterocycles. The second-order valence-electron chi connectivity index (χ2n) is 1.92. The third-order valence-corrected chi connectivity index (χ3v) is 2.32. The van der Waals surface area contributed by atoms with Gasteiger partial charge in [-0.1, -0.05) is 33.4 Å². The molecule has 2 aromatic rings. The zero-order valence-corrected chi connectivity index (χ0v) is 7.83. The molecule has 1 atom stereocenters. The van der Waals surface area contributed by atoms with E-state index < -0.39 is 0 Å². The Balaban J connectivity index is 0.000000378. The first-order valence-electron chi connectivity index (χ1n) is 3.85. The lowest BCUT2D eigenvalue weighted by atomic mass is 10.3. The molecule has 2 heteroatoms. The van der Waals surface area contributed by atoms with Crippen LogP contribution in [-0.2, 0) is 0 Å². The Labute approximate surface area is 75.9 Å². The Morgan fingerprint density at radius 1 is 1.17 bits per heavy atom. The lowest BCUT2D eigenvalue weighted by Gasteiger charge is -1.81. The topological polar surface area (TPSA) is 12.9 Å². The quantitative estimate of drug-likeness (QED) is 0.600. The number of rotatable bonds is 0. The minimum atomic E-state index is 0. The van der Waals surface area contributed by atoms with Gasteiger partial charge in [0, 0.05) is 11.0 Å². The van der Waals surface area contributed by atoms with Crippen LogP contribution in [-0.4, -0.2) is 4.98 Å². The predicted molar refractivity (Wildman–Crippen MR) is 59.3 cm³/mol. The molecule has 0 aliphatic heterocycles. The van der Waals surface area contributed by atoms with Gasteiger partial charge in [0.2, 0.25) is 0 Å². The normalized spacial score (nSPS) is 8.83. The molecule has 0 N–H and O–H groups in total. The first kappa shape index (κ1) is 11.2. The van der Waals surface area contributed by atoms with Crippen molar-refractivity contribution in [2.24, 2.45) is 0 Å². The Kier molecular flexibility index (Phi) is 5.40. The van der Waals surface area contributed by atoms with Gasteiger partial charge in [-0.3, -0.25) is 4.98 Å². The Morgan fingerprint density at radius 3 is 2.50 bits per heavy atom. The maximum absolute atomic E-state index is 4.19. The molecule has 0 aliphatic rings. The summed E-state index contributed by atoms with van der Waals surface area (Å²) in [7, 11) is 0.788. The van der Waals surface area contributed by atoms with E-state index in [9.17, 15) is 0 Å². The Bertz CT molecular complexity index is 284. The molecule has 0 bridgehead atoms. The van der Waals surface area contributed by atoms with Gasteiger partial charge < -0.3 is 0 Å². The van der Waals surface area contributed by atoms with Crippen LogP contribution in [0.1, 0.15) is 21.3 Å². The van der Waals surface area contributed by atoms with Crippen molar-refractivity contribution < 1.29 is 0 Å². The van der Waals surface area contributed by atoms with Crippen molar-refractivity contribution in [1.29, 1.82) is 0 Å². The lowest BCUT2D eigenvalue weighted by molar-refractivity contribution is 1.50. The fraction of sp³-hybridized carbons (Fsp3) is 0.300. The second kappa shape index (κ2) is 5.79. The lowest BCUT2D eigenvalue weighted by Crippen LogP contribution is -1.61. The second-order valence-corrected chi connectivity index (χ2v) is 3.01. The molecule has 1 nitrogen and oxygen atoms in total. The summed E-state index contributed by atoms with van der Waals surface area (Å²) < 4.78 is 0. The molecule has 0 saturated carbocycles. The zero-order chi connectivity index (χ0) is 8.10. The number of hydrogen-bond donors (Lipinski definition) is 0. The fourth-order valence-electron chi connectivity index (χ4n) is 0.880. The summed E-state index contributed by atoms with van der Waals surface area (Å²) >= 11 is 0. The highest BCUT2D eigenvalue weighted by molar-refractivity contribution is 7.36. The number of fused-ring (bicyclic) bond motifs is 1. The summed E-state index contributed by atoms with van der Waals surface area (Å²) in [6, 6.07) is 8.25. The Hall–Kier alpha value is -0.810. The summed E-state index contributed by atoms with van der Waals surface area (Å²) in [6.07, 6.45) is 0. The highest BCUT2D eigenvalue weighted by atomic mass is 31.0. The fourth-order valence-corrected chi connectivity index (χ4v) is 1.71. The number of aromatic nitrogens is 1. The van der Waals surface area contributed by atoms with Crippen molar-refractivity contribution in [3.8, 4) is 0 Å².